The maximum absolute atomic E-state index is 5.25. The van der Waals surface area contributed by atoms with Crippen LogP contribution in [0.3, 0.4) is 0 Å². The van der Waals surface area contributed by atoms with E-state index in [9.17, 15) is 0 Å². The number of rotatable bonds is 8. The van der Waals surface area contributed by atoms with Crippen molar-refractivity contribution in [3.05, 3.63) is 0 Å². The van der Waals surface area contributed by atoms with Gasteiger partial charge in [0.1, 0.15) is 0 Å². The van der Waals surface area contributed by atoms with E-state index < -0.39 is 0 Å². The van der Waals surface area contributed by atoms with Crippen molar-refractivity contribution in [2.45, 2.75) is 65.5 Å². The van der Waals surface area contributed by atoms with Crippen LogP contribution < -0.4 is 5.32 Å². The standard InChI is InChI=1S/C17H36N2O/c1-7-17(3,4)14-9-10-15(18-8-2)16(13-14)19(5)11-12-20-6/h14-16,18H,7-13H2,1-6H3. The summed E-state index contributed by atoms with van der Waals surface area (Å²) in [6.07, 6.45) is 5.27. The number of hydrogen-bond acceptors (Lipinski definition) is 3. The van der Waals surface area contributed by atoms with E-state index in [1.54, 1.807) is 7.11 Å². The van der Waals surface area contributed by atoms with E-state index in [1.807, 2.05) is 0 Å². The monoisotopic (exact) mass is 284 g/mol. The molecule has 0 aliphatic heterocycles. The summed E-state index contributed by atoms with van der Waals surface area (Å²) in [5.74, 6) is 0.845. The van der Waals surface area contributed by atoms with Crippen LogP contribution in [0.5, 0.6) is 0 Å². The van der Waals surface area contributed by atoms with Crippen LogP contribution in [0.15, 0.2) is 0 Å². The molecule has 0 radical (unpaired) electrons. The molecular formula is C17H36N2O. The summed E-state index contributed by atoms with van der Waals surface area (Å²) in [5.41, 5.74) is 0.470. The molecule has 1 aliphatic carbocycles. The second kappa shape index (κ2) is 8.35. The van der Waals surface area contributed by atoms with Gasteiger partial charge in [-0.3, -0.25) is 4.90 Å². The van der Waals surface area contributed by atoms with Crippen LogP contribution in [0.2, 0.25) is 0 Å². The van der Waals surface area contributed by atoms with Crippen LogP contribution in [0.1, 0.15) is 53.4 Å². The Labute approximate surface area is 126 Å². The number of ether oxygens (including phenoxy) is 1. The highest BCUT2D eigenvalue weighted by molar-refractivity contribution is 4.94. The molecule has 0 aromatic heterocycles. The maximum Gasteiger partial charge on any atom is 0.0589 e. The third kappa shape index (κ3) is 4.71. The minimum atomic E-state index is 0.470. The van der Waals surface area contributed by atoms with Gasteiger partial charge in [-0.2, -0.15) is 0 Å². The molecular weight excluding hydrogens is 248 g/mol. The molecule has 0 amide bonds. The molecule has 0 bridgehead atoms. The van der Waals surface area contributed by atoms with Crippen LogP contribution in [0.25, 0.3) is 0 Å². The lowest BCUT2D eigenvalue weighted by Crippen LogP contribution is -2.54. The Morgan fingerprint density at radius 1 is 1.25 bits per heavy atom. The molecule has 3 unspecified atom stereocenters. The van der Waals surface area contributed by atoms with Crippen LogP contribution in [0, 0.1) is 11.3 Å². The average molecular weight is 284 g/mol. The van der Waals surface area contributed by atoms with Crippen LogP contribution in [-0.4, -0.2) is 50.8 Å². The van der Waals surface area contributed by atoms with Crippen molar-refractivity contribution >= 4 is 0 Å². The Kier molecular flexibility index (Phi) is 7.49. The molecule has 3 heteroatoms. The fourth-order valence-corrected chi connectivity index (χ4v) is 3.53. The third-order valence-electron chi connectivity index (χ3n) is 5.51. The smallest absolute Gasteiger partial charge is 0.0589 e. The maximum atomic E-state index is 5.25. The number of hydrogen-bond donors (Lipinski definition) is 1. The molecule has 1 aliphatic rings. The van der Waals surface area contributed by atoms with Crippen LogP contribution in [-0.2, 0) is 4.74 Å². The minimum absolute atomic E-state index is 0.470. The van der Waals surface area contributed by atoms with Gasteiger partial charge in [0.25, 0.3) is 0 Å². The number of likely N-dealkylation sites (N-methyl/N-ethyl adjacent to an activating group) is 2. The zero-order valence-corrected chi connectivity index (χ0v) is 14.5. The number of nitrogens with one attached hydrogen (secondary N) is 1. The first-order chi connectivity index (χ1) is 9.46. The van der Waals surface area contributed by atoms with E-state index in [0.29, 0.717) is 17.5 Å². The van der Waals surface area contributed by atoms with E-state index in [0.717, 1.165) is 25.6 Å². The highest BCUT2D eigenvalue weighted by Crippen LogP contribution is 2.41. The Hall–Kier alpha value is -0.120. The first-order valence-electron chi connectivity index (χ1n) is 8.38. The molecule has 1 N–H and O–H groups in total. The zero-order chi connectivity index (χ0) is 15.2. The second-order valence-electron chi connectivity index (χ2n) is 7.06. The van der Waals surface area contributed by atoms with Crippen molar-refractivity contribution in [1.82, 2.24) is 10.2 Å². The summed E-state index contributed by atoms with van der Waals surface area (Å²) < 4.78 is 5.25. The fraction of sp³-hybridized carbons (Fsp3) is 1.00. The molecule has 20 heavy (non-hydrogen) atoms. The van der Waals surface area contributed by atoms with Crippen molar-refractivity contribution in [2.75, 3.05) is 33.9 Å². The van der Waals surface area contributed by atoms with Gasteiger partial charge in [0, 0.05) is 25.7 Å². The summed E-state index contributed by atoms with van der Waals surface area (Å²) >= 11 is 0. The fourth-order valence-electron chi connectivity index (χ4n) is 3.53. The molecule has 120 valence electrons. The van der Waals surface area contributed by atoms with Gasteiger partial charge in [-0.15, -0.1) is 0 Å². The van der Waals surface area contributed by atoms with E-state index >= 15 is 0 Å². The Balaban J connectivity index is 2.71. The second-order valence-corrected chi connectivity index (χ2v) is 7.06. The zero-order valence-electron chi connectivity index (χ0n) is 14.5. The van der Waals surface area contributed by atoms with Gasteiger partial charge < -0.3 is 10.1 Å². The van der Waals surface area contributed by atoms with Gasteiger partial charge in [0.05, 0.1) is 6.61 Å². The van der Waals surface area contributed by atoms with Gasteiger partial charge in [-0.05, 0) is 44.2 Å². The quantitative estimate of drug-likeness (QED) is 0.741. The van der Waals surface area contributed by atoms with Gasteiger partial charge in [-0.25, -0.2) is 0 Å². The Morgan fingerprint density at radius 3 is 2.50 bits per heavy atom. The molecule has 0 aromatic carbocycles. The van der Waals surface area contributed by atoms with Crippen molar-refractivity contribution in [3.8, 4) is 0 Å². The predicted molar refractivity (Wildman–Crippen MR) is 87.2 cm³/mol. The minimum Gasteiger partial charge on any atom is -0.383 e. The molecule has 3 atom stereocenters. The SMILES string of the molecule is CCNC1CCC(C(C)(C)CC)CC1N(C)CCOC. The molecule has 3 nitrogen and oxygen atoms in total. The summed E-state index contributed by atoms with van der Waals surface area (Å²) in [4.78, 5) is 2.51. The van der Waals surface area contributed by atoms with E-state index in [-0.39, 0.29) is 0 Å². The first-order valence-corrected chi connectivity index (χ1v) is 8.38. The summed E-state index contributed by atoms with van der Waals surface area (Å²) in [6.45, 7) is 12.4. The van der Waals surface area contributed by atoms with Crippen molar-refractivity contribution < 1.29 is 4.74 Å². The molecule has 0 saturated heterocycles. The van der Waals surface area contributed by atoms with Gasteiger partial charge >= 0.3 is 0 Å². The molecule has 0 spiro atoms. The highest BCUT2D eigenvalue weighted by Gasteiger charge is 2.38. The van der Waals surface area contributed by atoms with Gasteiger partial charge in [0.2, 0.25) is 0 Å². The normalized spacial score (nSPS) is 28.1. The van der Waals surface area contributed by atoms with Crippen LogP contribution in [0.4, 0.5) is 0 Å². The first kappa shape index (κ1) is 17.9. The lowest BCUT2D eigenvalue weighted by atomic mass is 9.67. The lowest BCUT2D eigenvalue weighted by molar-refractivity contribution is 0.0498. The average Bonchev–Trinajstić information content (AvgIpc) is 2.45. The lowest BCUT2D eigenvalue weighted by Gasteiger charge is -2.46. The Bertz CT molecular complexity index is 268. The van der Waals surface area contributed by atoms with Crippen LogP contribution >= 0.6 is 0 Å². The summed E-state index contributed by atoms with van der Waals surface area (Å²) in [6, 6.07) is 1.29. The van der Waals surface area contributed by atoms with E-state index in [4.69, 9.17) is 4.74 Å². The topological polar surface area (TPSA) is 24.5 Å². The van der Waals surface area contributed by atoms with Gasteiger partial charge in [-0.1, -0.05) is 34.1 Å². The van der Waals surface area contributed by atoms with Gasteiger partial charge in [0.15, 0.2) is 0 Å². The number of methoxy groups -OCH3 is 1. The summed E-state index contributed by atoms with van der Waals surface area (Å²) in [7, 11) is 4.05. The van der Waals surface area contributed by atoms with Crippen molar-refractivity contribution in [1.29, 1.82) is 0 Å². The Morgan fingerprint density at radius 2 is 1.95 bits per heavy atom. The molecule has 0 heterocycles. The van der Waals surface area contributed by atoms with E-state index in [1.165, 1.54) is 25.7 Å². The third-order valence-corrected chi connectivity index (χ3v) is 5.51. The van der Waals surface area contributed by atoms with Crippen molar-refractivity contribution in [2.24, 2.45) is 11.3 Å². The van der Waals surface area contributed by atoms with Crippen molar-refractivity contribution in [3.63, 3.8) is 0 Å². The summed E-state index contributed by atoms with van der Waals surface area (Å²) in [5, 5.41) is 3.70. The number of nitrogens with zero attached hydrogens (tertiary/aromatic N) is 1. The predicted octanol–water partition coefficient (Wildman–Crippen LogP) is 3.15. The molecule has 0 aromatic rings. The largest absolute Gasteiger partial charge is 0.383 e. The molecule has 1 rings (SSSR count). The van der Waals surface area contributed by atoms with E-state index in [2.05, 4.69) is 45.0 Å². The molecule has 1 saturated carbocycles. The highest BCUT2D eigenvalue weighted by atomic mass is 16.5. The molecule has 1 fully saturated rings.